The third-order valence-electron chi connectivity index (χ3n) is 9.13. The van der Waals surface area contributed by atoms with Gasteiger partial charge in [0.1, 0.15) is 5.76 Å². The number of carbonyl (C=O) groups is 5. The van der Waals surface area contributed by atoms with Crippen LogP contribution in [0.15, 0.2) is 101 Å². The number of nitrogens with two attached hydrogens (primary N) is 1. The van der Waals surface area contributed by atoms with Gasteiger partial charge >= 0.3 is 11.9 Å². The minimum atomic E-state index is -0.938. The van der Waals surface area contributed by atoms with Crippen molar-refractivity contribution in [2.45, 2.75) is 71.6 Å². The molecule has 0 aliphatic carbocycles. The van der Waals surface area contributed by atoms with Crippen molar-refractivity contribution in [3.05, 3.63) is 101 Å². The number of hydrogen-bond donors (Lipinski definition) is 5. The van der Waals surface area contributed by atoms with Crippen LogP contribution in [0.2, 0.25) is 0 Å². The van der Waals surface area contributed by atoms with E-state index in [0.29, 0.717) is 49.2 Å². The Labute approximate surface area is 309 Å². The van der Waals surface area contributed by atoms with Gasteiger partial charge in [0, 0.05) is 22.9 Å². The Morgan fingerprint density at radius 2 is 1.40 bits per heavy atom. The van der Waals surface area contributed by atoms with E-state index in [1.54, 1.807) is 31.2 Å². The Morgan fingerprint density at radius 3 is 1.98 bits per heavy atom. The number of carbonyl (C=O) groups excluding carboxylic acids is 4. The van der Waals surface area contributed by atoms with Gasteiger partial charge < -0.3 is 31.3 Å². The summed E-state index contributed by atoms with van der Waals surface area (Å²) in [7, 11) is 1.30. The molecule has 3 amide bonds. The first-order valence-electron chi connectivity index (χ1n) is 17.6. The second-order valence-corrected chi connectivity index (χ2v) is 13.0. The van der Waals surface area contributed by atoms with Gasteiger partial charge in [-0.25, -0.2) is 0 Å². The first-order valence-corrected chi connectivity index (χ1v) is 17.6. The number of methoxy groups -OCH3 is 1. The lowest BCUT2D eigenvalue weighted by molar-refractivity contribution is -0.147. The lowest BCUT2D eigenvalue weighted by Crippen LogP contribution is -2.26. The number of nitrogens with zero attached hydrogens (tertiary/aromatic N) is 2. The summed E-state index contributed by atoms with van der Waals surface area (Å²) in [4.78, 5) is 62.4. The molecular weight excluding hydrogens is 678 g/mol. The first-order chi connectivity index (χ1) is 25.3. The number of azo groups is 1. The van der Waals surface area contributed by atoms with Gasteiger partial charge in [0.25, 0.3) is 5.91 Å². The SMILES string of the molecule is CCC(CCC(CCC(CCC(C)C(=O)O)C(=O)OC)C(=O)Nc1cccc(NC(=O)C(N=Nc2ccc(C(N)=O)cc2)=C(C)O)c1)c1ccccc1. The van der Waals surface area contributed by atoms with E-state index < -0.39 is 41.5 Å². The largest absolute Gasteiger partial charge is 0.510 e. The molecule has 0 aliphatic heterocycles. The van der Waals surface area contributed by atoms with Gasteiger partial charge in [0.15, 0.2) is 5.70 Å². The van der Waals surface area contributed by atoms with Gasteiger partial charge in [-0.05, 0) is 106 Å². The maximum absolute atomic E-state index is 13.9. The van der Waals surface area contributed by atoms with E-state index in [-0.39, 0.29) is 28.8 Å². The van der Waals surface area contributed by atoms with Crippen LogP contribution in [0.5, 0.6) is 0 Å². The fourth-order valence-electron chi connectivity index (χ4n) is 5.86. The van der Waals surface area contributed by atoms with Crippen molar-refractivity contribution < 1.29 is 38.9 Å². The zero-order chi connectivity index (χ0) is 38.9. The molecule has 3 aromatic carbocycles. The normalized spacial score (nSPS) is 14.0. The number of aliphatic hydroxyl groups is 1. The van der Waals surface area contributed by atoms with E-state index in [0.717, 1.165) is 12.8 Å². The van der Waals surface area contributed by atoms with Crippen LogP contribution in [0, 0.1) is 17.8 Å². The monoisotopic (exact) mass is 727 g/mol. The van der Waals surface area contributed by atoms with Gasteiger partial charge in [0.05, 0.1) is 24.6 Å². The molecule has 13 nitrogen and oxygen atoms in total. The summed E-state index contributed by atoms with van der Waals surface area (Å²) in [5, 5.41) is 33.0. The van der Waals surface area contributed by atoms with Gasteiger partial charge in [-0.3, -0.25) is 24.0 Å². The zero-order valence-electron chi connectivity index (χ0n) is 30.6. The maximum Gasteiger partial charge on any atom is 0.308 e. The molecule has 0 spiro atoms. The summed E-state index contributed by atoms with van der Waals surface area (Å²) in [5.41, 5.74) is 7.43. The van der Waals surface area contributed by atoms with Crippen molar-refractivity contribution in [2.24, 2.45) is 33.7 Å². The Morgan fingerprint density at radius 1 is 0.792 bits per heavy atom. The van der Waals surface area contributed by atoms with E-state index in [2.05, 4.69) is 39.9 Å². The molecule has 0 fully saturated rings. The fraction of sp³-hybridized carbons (Fsp3) is 0.375. The predicted octanol–water partition coefficient (Wildman–Crippen LogP) is 7.90. The molecule has 0 bridgehead atoms. The van der Waals surface area contributed by atoms with E-state index in [9.17, 15) is 34.2 Å². The Balaban J connectivity index is 1.77. The minimum Gasteiger partial charge on any atom is -0.510 e. The number of hydrogen-bond acceptors (Lipinski definition) is 9. The average Bonchev–Trinajstić information content (AvgIpc) is 3.14. The van der Waals surface area contributed by atoms with Crippen LogP contribution in [0.1, 0.15) is 87.6 Å². The second-order valence-electron chi connectivity index (χ2n) is 13.0. The number of carboxylic acid groups (broad SMARTS) is 1. The fourth-order valence-corrected chi connectivity index (χ4v) is 5.86. The molecule has 0 radical (unpaired) electrons. The van der Waals surface area contributed by atoms with Crippen molar-refractivity contribution in [2.75, 3.05) is 17.7 Å². The standard InChI is InChI=1S/C40H49N5O8/c1-5-27(28-10-7-6-8-11-28)16-17-30(18-19-31(40(52)53-4)15-14-25(2)39(50)51)37(48)42-33-12-9-13-34(24-33)43-38(49)35(26(3)46)45-44-32-22-20-29(21-23-32)36(41)47/h6-13,20-25,27,30-31,46H,5,14-19H2,1-4H3,(H2,41,47)(H,42,48)(H,43,49)(H,50,51). The number of aliphatic carboxylic acids is 1. The van der Waals surface area contributed by atoms with Crippen LogP contribution in [-0.2, 0) is 23.9 Å². The Bertz CT molecular complexity index is 1770. The molecule has 0 heterocycles. The number of amides is 3. The highest BCUT2D eigenvalue weighted by Crippen LogP contribution is 2.31. The number of aliphatic hydroxyl groups excluding tert-OH is 1. The van der Waals surface area contributed by atoms with E-state index in [4.69, 9.17) is 10.5 Å². The lowest BCUT2D eigenvalue weighted by atomic mass is 9.84. The number of carboxylic acids is 1. The second kappa shape index (κ2) is 20.9. The van der Waals surface area contributed by atoms with Gasteiger partial charge in [-0.2, -0.15) is 5.11 Å². The summed E-state index contributed by atoms with van der Waals surface area (Å²) in [6.45, 7) is 4.99. The van der Waals surface area contributed by atoms with Crippen LogP contribution in [0.4, 0.5) is 17.1 Å². The molecule has 4 atom stereocenters. The molecule has 0 aromatic heterocycles. The van der Waals surface area contributed by atoms with Crippen molar-refractivity contribution in [1.29, 1.82) is 0 Å². The molecule has 4 unspecified atom stereocenters. The van der Waals surface area contributed by atoms with Gasteiger partial charge in [-0.15, -0.1) is 5.11 Å². The van der Waals surface area contributed by atoms with Crippen molar-refractivity contribution in [1.82, 2.24) is 0 Å². The van der Waals surface area contributed by atoms with E-state index in [1.165, 1.54) is 43.9 Å². The number of allylic oxidation sites excluding steroid dienone is 1. The molecule has 282 valence electrons. The molecular formula is C40H49N5O8. The maximum atomic E-state index is 13.9. The molecule has 53 heavy (non-hydrogen) atoms. The molecule has 0 saturated carbocycles. The third-order valence-corrected chi connectivity index (χ3v) is 9.13. The first kappa shape index (κ1) is 41.6. The molecule has 0 aliphatic rings. The van der Waals surface area contributed by atoms with Gasteiger partial charge in [-0.1, -0.05) is 50.2 Å². The smallest absolute Gasteiger partial charge is 0.308 e. The van der Waals surface area contributed by atoms with Crippen LogP contribution < -0.4 is 16.4 Å². The van der Waals surface area contributed by atoms with Crippen LogP contribution in [0.25, 0.3) is 0 Å². The number of primary amides is 1. The van der Waals surface area contributed by atoms with E-state index in [1.807, 2.05) is 18.2 Å². The third kappa shape index (κ3) is 13.3. The quantitative estimate of drug-likeness (QED) is 0.0333. The van der Waals surface area contributed by atoms with Gasteiger partial charge in [0.2, 0.25) is 11.8 Å². The summed E-state index contributed by atoms with van der Waals surface area (Å²) in [6.07, 6.45) is 3.48. The Kier molecular flexibility index (Phi) is 16.4. The molecule has 0 saturated heterocycles. The molecule has 13 heteroatoms. The summed E-state index contributed by atoms with van der Waals surface area (Å²) < 4.78 is 5.02. The lowest BCUT2D eigenvalue weighted by Gasteiger charge is -2.23. The highest BCUT2D eigenvalue weighted by Gasteiger charge is 2.27. The van der Waals surface area contributed by atoms with Crippen molar-refractivity contribution >= 4 is 46.7 Å². The van der Waals surface area contributed by atoms with Crippen molar-refractivity contribution in [3.63, 3.8) is 0 Å². The summed E-state index contributed by atoms with van der Waals surface area (Å²) in [5.74, 6) is -4.81. The van der Waals surface area contributed by atoms with Crippen LogP contribution >= 0.6 is 0 Å². The minimum absolute atomic E-state index is 0.224. The average molecular weight is 728 g/mol. The number of ether oxygens (including phenoxy) is 1. The zero-order valence-corrected chi connectivity index (χ0v) is 30.6. The number of anilines is 2. The van der Waals surface area contributed by atoms with Crippen LogP contribution in [-0.4, -0.2) is 47.0 Å². The molecule has 6 N–H and O–H groups in total. The van der Waals surface area contributed by atoms with Crippen LogP contribution in [0.3, 0.4) is 0 Å². The number of benzene rings is 3. The summed E-state index contributed by atoms with van der Waals surface area (Å²) >= 11 is 0. The number of nitrogens with one attached hydrogen (secondary N) is 2. The summed E-state index contributed by atoms with van der Waals surface area (Å²) in [6, 6.07) is 22.5. The van der Waals surface area contributed by atoms with E-state index >= 15 is 0 Å². The molecule has 3 aromatic rings. The Hall–Kier alpha value is -5.85. The number of esters is 1. The highest BCUT2D eigenvalue weighted by molar-refractivity contribution is 6.04. The predicted molar refractivity (Wildman–Crippen MR) is 201 cm³/mol. The van der Waals surface area contributed by atoms with Crippen molar-refractivity contribution in [3.8, 4) is 0 Å². The molecule has 3 rings (SSSR count). The highest BCUT2D eigenvalue weighted by atomic mass is 16.5. The number of rotatable bonds is 20. The topological polar surface area (TPSA) is 210 Å².